The lowest BCUT2D eigenvalue weighted by atomic mass is 9.97. The Kier molecular flexibility index (Phi) is 5.76. The first-order valence-corrected chi connectivity index (χ1v) is 11.2. The molecule has 2 aromatic rings. The van der Waals surface area contributed by atoms with Crippen molar-refractivity contribution in [3.05, 3.63) is 64.7 Å². The highest BCUT2D eigenvalue weighted by molar-refractivity contribution is 7.92. The van der Waals surface area contributed by atoms with E-state index in [2.05, 4.69) is 9.82 Å². The number of hydrogen-bond donors (Lipinski definition) is 1. The normalized spacial score (nSPS) is 17.0. The molecule has 1 aliphatic rings. The predicted molar refractivity (Wildman–Crippen MR) is 112 cm³/mol. The van der Waals surface area contributed by atoms with Crippen LogP contribution in [0.2, 0.25) is 5.02 Å². The molecule has 0 unspecified atom stereocenters. The number of sulfonamides is 1. The van der Waals surface area contributed by atoms with Crippen LogP contribution in [0, 0.1) is 5.92 Å². The summed E-state index contributed by atoms with van der Waals surface area (Å²) in [5.74, 6) is -0.356. The Morgan fingerprint density at radius 1 is 1.18 bits per heavy atom. The van der Waals surface area contributed by atoms with Crippen molar-refractivity contribution < 1.29 is 13.2 Å². The van der Waals surface area contributed by atoms with Crippen molar-refractivity contribution >= 4 is 38.9 Å². The Hall–Kier alpha value is -2.38. The molecule has 6 nitrogen and oxygen atoms in total. The van der Waals surface area contributed by atoms with Crippen LogP contribution in [0.25, 0.3) is 0 Å². The highest BCUT2D eigenvalue weighted by Crippen LogP contribution is 2.38. The number of nitrogens with zero attached hydrogens (tertiary/aromatic N) is 2. The molecule has 3 rings (SSSR count). The van der Waals surface area contributed by atoms with Gasteiger partial charge < -0.3 is 0 Å². The van der Waals surface area contributed by atoms with E-state index in [1.807, 2.05) is 38.1 Å². The van der Waals surface area contributed by atoms with Crippen LogP contribution in [0.3, 0.4) is 0 Å². The maximum atomic E-state index is 12.8. The number of carbonyl (C=O) groups excluding carboxylic acids is 1. The first-order chi connectivity index (χ1) is 13.2. The molecule has 1 aliphatic heterocycles. The van der Waals surface area contributed by atoms with Gasteiger partial charge in [-0.3, -0.25) is 9.52 Å². The zero-order valence-corrected chi connectivity index (χ0v) is 17.5. The summed E-state index contributed by atoms with van der Waals surface area (Å²) in [6, 6.07) is 14.1. The number of carbonyl (C=O) groups is 1. The third-order valence-electron chi connectivity index (χ3n) is 4.43. The van der Waals surface area contributed by atoms with Gasteiger partial charge in [-0.2, -0.15) is 5.10 Å². The van der Waals surface area contributed by atoms with Gasteiger partial charge >= 0.3 is 0 Å². The first-order valence-electron chi connectivity index (χ1n) is 8.89. The molecule has 0 radical (unpaired) electrons. The Labute approximate surface area is 170 Å². The number of halogens is 1. The van der Waals surface area contributed by atoms with Gasteiger partial charge in [-0.15, -0.1) is 0 Å². The summed E-state index contributed by atoms with van der Waals surface area (Å²) in [5, 5.41) is 6.61. The van der Waals surface area contributed by atoms with Gasteiger partial charge in [-0.25, -0.2) is 13.4 Å². The minimum Gasteiger partial charge on any atom is -0.283 e. The van der Waals surface area contributed by atoms with Crippen molar-refractivity contribution in [2.75, 3.05) is 11.0 Å². The number of para-hydroxylation sites is 1. The van der Waals surface area contributed by atoms with Gasteiger partial charge in [-0.1, -0.05) is 61.8 Å². The van der Waals surface area contributed by atoms with Crippen LogP contribution in [0.4, 0.5) is 5.69 Å². The second kappa shape index (κ2) is 7.93. The fraction of sp³-hybridized carbons (Fsp3) is 0.300. The van der Waals surface area contributed by atoms with Gasteiger partial charge in [0.15, 0.2) is 0 Å². The van der Waals surface area contributed by atoms with Gasteiger partial charge in [0.1, 0.15) is 0 Å². The average molecular weight is 420 g/mol. The largest absolute Gasteiger partial charge is 0.283 e. The number of rotatable bonds is 5. The lowest BCUT2D eigenvalue weighted by Gasteiger charge is -2.24. The van der Waals surface area contributed by atoms with Crippen molar-refractivity contribution in [2.24, 2.45) is 11.0 Å². The topological polar surface area (TPSA) is 78.8 Å². The monoisotopic (exact) mass is 419 g/mol. The predicted octanol–water partition coefficient (Wildman–Crippen LogP) is 4.05. The molecule has 0 aromatic heterocycles. The van der Waals surface area contributed by atoms with Crippen LogP contribution in [-0.4, -0.2) is 31.3 Å². The van der Waals surface area contributed by atoms with Crippen molar-refractivity contribution in [1.82, 2.24) is 5.01 Å². The lowest BCUT2D eigenvalue weighted by molar-refractivity contribution is -0.136. The molecular formula is C20H22ClN3O3S. The zero-order chi connectivity index (χ0) is 20.5. The zero-order valence-electron chi connectivity index (χ0n) is 15.9. The van der Waals surface area contributed by atoms with Crippen molar-refractivity contribution in [1.29, 1.82) is 0 Å². The molecule has 0 bridgehead atoms. The summed E-state index contributed by atoms with van der Waals surface area (Å²) in [5.41, 5.74) is 2.51. The summed E-state index contributed by atoms with van der Waals surface area (Å²) in [4.78, 5) is 12.8. The lowest BCUT2D eigenvalue weighted by Crippen LogP contribution is -2.30. The average Bonchev–Trinajstić information content (AvgIpc) is 3.05. The summed E-state index contributed by atoms with van der Waals surface area (Å²) in [6.45, 7) is 3.64. The van der Waals surface area contributed by atoms with E-state index in [1.165, 1.54) is 5.01 Å². The number of hydrazone groups is 1. The number of nitrogens with one attached hydrogen (secondary N) is 1. The Morgan fingerprint density at radius 2 is 1.82 bits per heavy atom. The van der Waals surface area contributed by atoms with Gasteiger partial charge in [0.2, 0.25) is 15.9 Å². The molecule has 1 amide bonds. The molecule has 0 saturated heterocycles. The van der Waals surface area contributed by atoms with Crippen LogP contribution in [0.5, 0.6) is 0 Å². The van der Waals surface area contributed by atoms with Crippen LogP contribution >= 0.6 is 11.6 Å². The molecule has 148 valence electrons. The summed E-state index contributed by atoms with van der Waals surface area (Å²) in [7, 11) is -3.45. The molecule has 1 N–H and O–H groups in total. The van der Waals surface area contributed by atoms with E-state index >= 15 is 0 Å². The van der Waals surface area contributed by atoms with Gasteiger partial charge in [0.25, 0.3) is 0 Å². The van der Waals surface area contributed by atoms with Gasteiger partial charge in [-0.05, 0) is 17.7 Å². The highest BCUT2D eigenvalue weighted by atomic mass is 35.5. The third-order valence-corrected chi connectivity index (χ3v) is 5.36. The standard InChI is InChI=1S/C20H22ClN3O3S/c1-13(2)20(25)24-19(14-8-4-6-10-16(14)21)12-18(22-24)15-9-5-7-11-17(15)23-28(3,26)27/h4-11,13,19,23H,12H2,1-3H3/t19-/m0/s1. The maximum absolute atomic E-state index is 12.8. The third kappa shape index (κ3) is 4.36. The van der Waals surface area contributed by atoms with E-state index in [0.717, 1.165) is 11.8 Å². The molecule has 0 saturated carbocycles. The van der Waals surface area contributed by atoms with E-state index in [4.69, 9.17) is 11.6 Å². The number of anilines is 1. The van der Waals surface area contributed by atoms with E-state index in [-0.39, 0.29) is 17.9 Å². The quantitative estimate of drug-likeness (QED) is 0.794. The SMILES string of the molecule is CC(C)C(=O)N1N=C(c2ccccc2NS(C)(=O)=O)C[C@H]1c1ccccc1Cl. The molecule has 1 heterocycles. The van der Waals surface area contributed by atoms with Gasteiger partial charge in [0, 0.05) is 22.9 Å². The molecule has 0 spiro atoms. The van der Waals surface area contributed by atoms with E-state index in [0.29, 0.717) is 28.4 Å². The van der Waals surface area contributed by atoms with Crippen LogP contribution < -0.4 is 4.72 Å². The van der Waals surface area contributed by atoms with E-state index in [1.54, 1.807) is 24.3 Å². The summed E-state index contributed by atoms with van der Waals surface area (Å²) < 4.78 is 26.0. The smallest absolute Gasteiger partial charge is 0.245 e. The molecule has 0 aliphatic carbocycles. The van der Waals surface area contributed by atoms with E-state index < -0.39 is 10.0 Å². The molecular weight excluding hydrogens is 398 g/mol. The highest BCUT2D eigenvalue weighted by Gasteiger charge is 2.35. The molecule has 8 heteroatoms. The number of benzene rings is 2. The summed E-state index contributed by atoms with van der Waals surface area (Å²) in [6.07, 6.45) is 1.53. The molecule has 28 heavy (non-hydrogen) atoms. The second-order valence-corrected chi connectivity index (χ2v) is 9.20. The molecule has 2 aromatic carbocycles. The number of amides is 1. The fourth-order valence-electron chi connectivity index (χ4n) is 3.15. The first kappa shape index (κ1) is 20.4. The molecule has 1 atom stereocenters. The van der Waals surface area contributed by atoms with Crippen LogP contribution in [0.15, 0.2) is 53.6 Å². The van der Waals surface area contributed by atoms with Crippen molar-refractivity contribution in [3.63, 3.8) is 0 Å². The minimum absolute atomic E-state index is 0.117. The minimum atomic E-state index is -3.45. The van der Waals surface area contributed by atoms with Gasteiger partial charge in [0.05, 0.1) is 23.7 Å². The molecule has 0 fully saturated rings. The maximum Gasteiger partial charge on any atom is 0.245 e. The van der Waals surface area contributed by atoms with Crippen molar-refractivity contribution in [3.8, 4) is 0 Å². The Bertz CT molecular complexity index is 1030. The Morgan fingerprint density at radius 3 is 2.46 bits per heavy atom. The summed E-state index contributed by atoms with van der Waals surface area (Å²) >= 11 is 6.39. The van der Waals surface area contributed by atoms with Crippen LogP contribution in [-0.2, 0) is 14.8 Å². The Balaban J connectivity index is 2.05. The van der Waals surface area contributed by atoms with Crippen molar-refractivity contribution in [2.45, 2.75) is 26.3 Å². The number of hydrogen-bond acceptors (Lipinski definition) is 4. The fourth-order valence-corrected chi connectivity index (χ4v) is 3.99. The van der Waals surface area contributed by atoms with E-state index in [9.17, 15) is 13.2 Å². The second-order valence-electron chi connectivity index (χ2n) is 7.05. The van der Waals surface area contributed by atoms with Crippen LogP contribution in [0.1, 0.15) is 37.4 Å².